The van der Waals surface area contributed by atoms with Crippen LogP contribution in [0.15, 0.2) is 18.2 Å². The number of carboxylic acids is 1. The van der Waals surface area contributed by atoms with Crippen LogP contribution in [0.25, 0.3) is 10.2 Å². The van der Waals surface area contributed by atoms with Crippen molar-refractivity contribution in [2.75, 3.05) is 0 Å². The molecule has 2 aromatic rings. The van der Waals surface area contributed by atoms with Crippen molar-refractivity contribution in [1.29, 1.82) is 0 Å². The maximum absolute atomic E-state index is 10.8. The molecule has 0 radical (unpaired) electrons. The molecule has 0 spiro atoms. The van der Waals surface area contributed by atoms with E-state index in [1.165, 1.54) is 10.3 Å². The van der Waals surface area contributed by atoms with E-state index in [0.29, 0.717) is 6.42 Å². The van der Waals surface area contributed by atoms with Crippen LogP contribution in [-0.4, -0.2) is 16.1 Å². The van der Waals surface area contributed by atoms with Gasteiger partial charge in [0.2, 0.25) is 0 Å². The molecule has 0 atom stereocenters. The highest BCUT2D eigenvalue weighted by molar-refractivity contribution is 7.18. The van der Waals surface area contributed by atoms with Gasteiger partial charge in [0.25, 0.3) is 0 Å². The molecule has 4 heteroatoms. The predicted molar refractivity (Wildman–Crippen MR) is 74.1 cm³/mol. The summed E-state index contributed by atoms with van der Waals surface area (Å²) in [6.07, 6.45) is 0.875. The van der Waals surface area contributed by atoms with Gasteiger partial charge in [-0.25, -0.2) is 4.98 Å². The number of fused-ring (bicyclic) bond motifs is 1. The summed E-state index contributed by atoms with van der Waals surface area (Å²) < 4.78 is 1.18. The zero-order chi connectivity index (χ0) is 13.3. The fourth-order valence-corrected chi connectivity index (χ4v) is 3.36. The Labute approximate surface area is 110 Å². The molecular formula is C14H17NO2S. The molecule has 96 valence electrons. The number of carboxylic acid groups (broad SMARTS) is 1. The molecule has 2 rings (SSSR count). The van der Waals surface area contributed by atoms with Crippen molar-refractivity contribution in [2.45, 2.75) is 33.6 Å². The average Bonchev–Trinajstić information content (AvgIpc) is 2.55. The van der Waals surface area contributed by atoms with E-state index in [1.807, 2.05) is 26.0 Å². The van der Waals surface area contributed by atoms with Gasteiger partial charge in [0.05, 0.1) is 21.6 Å². The van der Waals surface area contributed by atoms with Crippen molar-refractivity contribution in [3.8, 4) is 0 Å². The van der Waals surface area contributed by atoms with Crippen molar-refractivity contribution < 1.29 is 9.90 Å². The lowest BCUT2D eigenvalue weighted by molar-refractivity contribution is -0.139. The Morgan fingerprint density at radius 3 is 2.83 bits per heavy atom. The summed E-state index contributed by atoms with van der Waals surface area (Å²) in [7, 11) is 0. The van der Waals surface area contributed by atoms with Crippen LogP contribution in [0, 0.1) is 12.3 Å². The number of aryl methyl sites for hydroxylation is 1. The third-order valence-corrected chi connectivity index (χ3v) is 3.87. The molecule has 0 bridgehead atoms. The summed E-state index contributed by atoms with van der Waals surface area (Å²) in [5.74, 6) is -0.753. The van der Waals surface area contributed by atoms with Crippen LogP contribution in [0.3, 0.4) is 0 Å². The Morgan fingerprint density at radius 1 is 1.44 bits per heavy atom. The monoisotopic (exact) mass is 263 g/mol. The van der Waals surface area contributed by atoms with E-state index in [4.69, 9.17) is 5.11 Å². The van der Waals surface area contributed by atoms with Gasteiger partial charge in [-0.05, 0) is 30.0 Å². The molecule has 0 aliphatic heterocycles. The SMILES string of the molecule is Cc1ccc2nc(CC(C)(C)CC(=O)O)sc2c1. The van der Waals surface area contributed by atoms with Gasteiger partial charge in [-0.15, -0.1) is 11.3 Å². The lowest BCUT2D eigenvalue weighted by Gasteiger charge is -2.20. The first-order valence-electron chi connectivity index (χ1n) is 5.94. The van der Waals surface area contributed by atoms with E-state index in [0.717, 1.165) is 10.5 Å². The molecule has 0 amide bonds. The Kier molecular flexibility index (Phi) is 3.39. The number of carbonyl (C=O) groups is 1. The van der Waals surface area contributed by atoms with E-state index in [9.17, 15) is 4.79 Å². The second-order valence-electron chi connectivity index (χ2n) is 5.49. The van der Waals surface area contributed by atoms with E-state index in [-0.39, 0.29) is 11.8 Å². The molecule has 0 fully saturated rings. The Balaban J connectivity index is 2.24. The van der Waals surface area contributed by atoms with E-state index in [1.54, 1.807) is 11.3 Å². The molecule has 3 nitrogen and oxygen atoms in total. The molecule has 1 N–H and O–H groups in total. The second kappa shape index (κ2) is 4.69. The van der Waals surface area contributed by atoms with Gasteiger partial charge < -0.3 is 5.11 Å². The van der Waals surface area contributed by atoms with Gasteiger partial charge in [0, 0.05) is 6.42 Å². The minimum absolute atomic E-state index is 0.169. The Morgan fingerprint density at radius 2 is 2.17 bits per heavy atom. The normalized spacial score (nSPS) is 11.9. The summed E-state index contributed by atoms with van der Waals surface area (Å²) in [6.45, 7) is 6.00. The summed E-state index contributed by atoms with van der Waals surface area (Å²) in [6, 6.07) is 6.20. The quantitative estimate of drug-likeness (QED) is 0.916. The largest absolute Gasteiger partial charge is 0.481 e. The molecular weight excluding hydrogens is 246 g/mol. The lowest BCUT2D eigenvalue weighted by Crippen LogP contribution is -2.19. The molecule has 18 heavy (non-hydrogen) atoms. The van der Waals surface area contributed by atoms with Crippen LogP contribution in [0.1, 0.15) is 30.8 Å². The standard InChI is InChI=1S/C14H17NO2S/c1-9-4-5-10-11(6-9)18-12(15-10)7-14(2,3)8-13(16)17/h4-6H,7-8H2,1-3H3,(H,16,17). The van der Waals surface area contributed by atoms with Crippen molar-refractivity contribution in [2.24, 2.45) is 5.41 Å². The summed E-state index contributed by atoms with van der Waals surface area (Å²) in [5.41, 5.74) is 1.98. The first-order valence-corrected chi connectivity index (χ1v) is 6.75. The number of hydrogen-bond donors (Lipinski definition) is 1. The molecule has 1 aromatic carbocycles. The number of aliphatic carboxylic acids is 1. The van der Waals surface area contributed by atoms with Crippen LogP contribution in [0.2, 0.25) is 0 Å². The molecule has 0 aliphatic rings. The molecule has 1 heterocycles. The number of rotatable bonds is 4. The maximum Gasteiger partial charge on any atom is 0.303 e. The number of thiazole rings is 1. The van der Waals surface area contributed by atoms with Gasteiger partial charge >= 0.3 is 5.97 Å². The smallest absolute Gasteiger partial charge is 0.303 e. The van der Waals surface area contributed by atoms with E-state index in [2.05, 4.69) is 18.0 Å². The molecule has 0 aliphatic carbocycles. The highest BCUT2D eigenvalue weighted by Crippen LogP contribution is 2.31. The first-order chi connectivity index (χ1) is 8.35. The van der Waals surface area contributed by atoms with E-state index < -0.39 is 5.97 Å². The predicted octanol–water partition coefficient (Wildman–Crippen LogP) is 3.65. The molecule has 0 unspecified atom stereocenters. The molecule has 0 saturated carbocycles. The minimum Gasteiger partial charge on any atom is -0.481 e. The maximum atomic E-state index is 10.8. The zero-order valence-electron chi connectivity index (χ0n) is 10.9. The van der Waals surface area contributed by atoms with Crippen LogP contribution in [-0.2, 0) is 11.2 Å². The third-order valence-electron chi connectivity index (χ3n) is 2.85. The highest BCUT2D eigenvalue weighted by Gasteiger charge is 2.23. The second-order valence-corrected chi connectivity index (χ2v) is 6.61. The van der Waals surface area contributed by atoms with Gasteiger partial charge in [-0.3, -0.25) is 4.79 Å². The summed E-state index contributed by atoms with van der Waals surface area (Å²) >= 11 is 1.66. The van der Waals surface area contributed by atoms with Crippen molar-refractivity contribution >= 4 is 27.5 Å². The molecule has 0 saturated heterocycles. The average molecular weight is 263 g/mol. The van der Waals surface area contributed by atoms with Crippen LogP contribution in [0.4, 0.5) is 0 Å². The number of hydrogen-bond acceptors (Lipinski definition) is 3. The Bertz CT molecular complexity index is 586. The highest BCUT2D eigenvalue weighted by atomic mass is 32.1. The first kappa shape index (κ1) is 13.0. The van der Waals surface area contributed by atoms with Crippen LogP contribution in [0.5, 0.6) is 0 Å². The van der Waals surface area contributed by atoms with Gasteiger partial charge in [-0.2, -0.15) is 0 Å². The van der Waals surface area contributed by atoms with Gasteiger partial charge in [0.15, 0.2) is 0 Å². The number of aromatic nitrogens is 1. The fraction of sp³-hybridized carbons (Fsp3) is 0.429. The van der Waals surface area contributed by atoms with Crippen LogP contribution < -0.4 is 0 Å². The fourth-order valence-electron chi connectivity index (χ4n) is 2.04. The van der Waals surface area contributed by atoms with Crippen molar-refractivity contribution in [3.63, 3.8) is 0 Å². The zero-order valence-corrected chi connectivity index (χ0v) is 11.7. The Hall–Kier alpha value is -1.42. The van der Waals surface area contributed by atoms with Crippen molar-refractivity contribution in [3.05, 3.63) is 28.8 Å². The van der Waals surface area contributed by atoms with Gasteiger partial charge in [-0.1, -0.05) is 19.9 Å². The molecule has 1 aromatic heterocycles. The number of nitrogens with zero attached hydrogens (tertiary/aromatic N) is 1. The summed E-state index contributed by atoms with van der Waals surface area (Å²) in [5, 5.41) is 9.90. The van der Waals surface area contributed by atoms with E-state index >= 15 is 0 Å². The van der Waals surface area contributed by atoms with Gasteiger partial charge in [0.1, 0.15) is 0 Å². The third kappa shape index (κ3) is 3.07. The minimum atomic E-state index is -0.753. The number of benzene rings is 1. The van der Waals surface area contributed by atoms with Crippen molar-refractivity contribution in [1.82, 2.24) is 4.98 Å². The van der Waals surface area contributed by atoms with Crippen LogP contribution >= 0.6 is 11.3 Å². The summed E-state index contributed by atoms with van der Waals surface area (Å²) in [4.78, 5) is 15.4. The lowest BCUT2D eigenvalue weighted by atomic mass is 9.86. The topological polar surface area (TPSA) is 50.2 Å².